The zero-order valence-corrected chi connectivity index (χ0v) is 14.2. The van der Waals surface area contributed by atoms with Crippen molar-refractivity contribution in [2.75, 3.05) is 7.11 Å². The second-order valence-corrected chi connectivity index (χ2v) is 5.64. The number of nitrogens with zero attached hydrogens (tertiary/aromatic N) is 2. The first-order valence-electron chi connectivity index (χ1n) is 7.51. The average Bonchev–Trinajstić information content (AvgIpc) is 3.10. The fraction of sp³-hybridized carbons (Fsp3) is 0.167. The van der Waals surface area contributed by atoms with Crippen LogP contribution >= 0.6 is 11.6 Å². The van der Waals surface area contributed by atoms with E-state index in [2.05, 4.69) is 10.1 Å². The van der Waals surface area contributed by atoms with E-state index < -0.39 is 0 Å². The molecular weight excluding hydrogens is 344 g/mol. The van der Waals surface area contributed by atoms with E-state index in [4.69, 9.17) is 25.6 Å². The summed E-state index contributed by atoms with van der Waals surface area (Å²) < 4.78 is 15.4. The van der Waals surface area contributed by atoms with Crippen LogP contribution in [0.1, 0.15) is 11.4 Å². The molecule has 0 spiro atoms. The van der Waals surface area contributed by atoms with Crippen molar-refractivity contribution < 1.29 is 18.8 Å². The molecule has 0 unspecified atom stereocenters. The van der Waals surface area contributed by atoms with E-state index in [1.54, 1.807) is 43.5 Å². The van der Waals surface area contributed by atoms with Crippen LogP contribution in [0.25, 0.3) is 11.5 Å². The molecule has 1 aromatic heterocycles. The second-order valence-electron chi connectivity index (χ2n) is 5.21. The molecule has 3 rings (SSSR count). The van der Waals surface area contributed by atoms with Crippen molar-refractivity contribution in [1.29, 1.82) is 0 Å². The van der Waals surface area contributed by atoms with Crippen molar-refractivity contribution in [3.05, 3.63) is 64.9 Å². The Labute approximate surface area is 149 Å². The number of rotatable bonds is 6. The zero-order chi connectivity index (χ0) is 17.6. The van der Waals surface area contributed by atoms with E-state index in [1.165, 1.54) is 0 Å². The van der Waals surface area contributed by atoms with Crippen molar-refractivity contribution >= 4 is 17.6 Å². The molecule has 1 heterocycles. The number of aromatic nitrogens is 2. The first-order chi connectivity index (χ1) is 12.1. The molecule has 6 nitrogen and oxygen atoms in total. The van der Waals surface area contributed by atoms with Gasteiger partial charge in [0.25, 0.3) is 5.89 Å². The topological polar surface area (TPSA) is 74.5 Å². The van der Waals surface area contributed by atoms with Gasteiger partial charge in [-0.1, -0.05) is 28.9 Å². The Morgan fingerprint density at radius 2 is 1.84 bits per heavy atom. The predicted molar refractivity (Wildman–Crippen MR) is 91.2 cm³/mol. The summed E-state index contributed by atoms with van der Waals surface area (Å²) in [6.07, 6.45) is 0.159. The van der Waals surface area contributed by atoms with Gasteiger partial charge in [0.1, 0.15) is 5.75 Å². The number of ether oxygens (including phenoxy) is 2. The van der Waals surface area contributed by atoms with Gasteiger partial charge in [-0.05, 0) is 42.0 Å². The van der Waals surface area contributed by atoms with E-state index in [1.807, 2.05) is 12.1 Å². The summed E-state index contributed by atoms with van der Waals surface area (Å²) in [6, 6.07) is 14.2. The Hall–Kier alpha value is -2.86. The molecule has 7 heteroatoms. The van der Waals surface area contributed by atoms with Crippen LogP contribution in [-0.2, 0) is 22.6 Å². The third-order valence-corrected chi connectivity index (χ3v) is 3.68. The predicted octanol–water partition coefficient (Wildman–Crippen LogP) is 3.68. The van der Waals surface area contributed by atoms with Crippen LogP contribution in [0, 0.1) is 0 Å². The van der Waals surface area contributed by atoms with Gasteiger partial charge in [0.2, 0.25) is 5.82 Å². The molecule has 3 aromatic rings. The van der Waals surface area contributed by atoms with Crippen LogP contribution in [0.4, 0.5) is 0 Å². The molecule has 0 atom stereocenters. The third-order valence-electron chi connectivity index (χ3n) is 3.43. The lowest BCUT2D eigenvalue weighted by molar-refractivity contribution is -0.144. The van der Waals surface area contributed by atoms with E-state index in [-0.39, 0.29) is 19.0 Å². The molecule has 2 aromatic carbocycles. The van der Waals surface area contributed by atoms with Gasteiger partial charge in [-0.3, -0.25) is 4.79 Å². The SMILES string of the molecule is COc1ccc(CC(=O)OCc2noc(-c3ccc(Cl)cc3)n2)cc1. The molecule has 0 bridgehead atoms. The van der Waals surface area contributed by atoms with E-state index in [0.717, 1.165) is 16.9 Å². The van der Waals surface area contributed by atoms with Gasteiger partial charge in [-0.2, -0.15) is 4.98 Å². The first kappa shape index (κ1) is 17.0. The number of hydrogen-bond donors (Lipinski definition) is 0. The van der Waals surface area contributed by atoms with Crippen molar-refractivity contribution in [2.24, 2.45) is 0 Å². The first-order valence-corrected chi connectivity index (χ1v) is 7.89. The second kappa shape index (κ2) is 7.81. The Balaban J connectivity index is 1.54. The molecule has 25 heavy (non-hydrogen) atoms. The number of halogens is 1. The van der Waals surface area contributed by atoms with Crippen molar-refractivity contribution in [3.63, 3.8) is 0 Å². The summed E-state index contributed by atoms with van der Waals surface area (Å²) in [5.41, 5.74) is 1.58. The van der Waals surface area contributed by atoms with Crippen LogP contribution in [0.2, 0.25) is 5.02 Å². The van der Waals surface area contributed by atoms with Gasteiger partial charge < -0.3 is 14.0 Å². The van der Waals surface area contributed by atoms with Gasteiger partial charge in [0.05, 0.1) is 13.5 Å². The van der Waals surface area contributed by atoms with E-state index in [9.17, 15) is 4.79 Å². The van der Waals surface area contributed by atoms with E-state index >= 15 is 0 Å². The van der Waals surface area contributed by atoms with Gasteiger partial charge in [-0.25, -0.2) is 0 Å². The molecular formula is C18H15ClN2O4. The van der Waals surface area contributed by atoms with Crippen molar-refractivity contribution in [1.82, 2.24) is 10.1 Å². The Bertz CT molecular complexity index is 844. The normalized spacial score (nSPS) is 10.5. The largest absolute Gasteiger partial charge is 0.497 e. The maximum atomic E-state index is 11.9. The van der Waals surface area contributed by atoms with Crippen LogP contribution in [0.3, 0.4) is 0 Å². The molecule has 0 N–H and O–H groups in total. The highest BCUT2D eigenvalue weighted by Crippen LogP contribution is 2.20. The van der Waals surface area contributed by atoms with Crippen LogP contribution in [0.5, 0.6) is 5.75 Å². The highest BCUT2D eigenvalue weighted by atomic mass is 35.5. The smallest absolute Gasteiger partial charge is 0.310 e. The molecule has 0 amide bonds. The molecule has 0 aliphatic rings. The minimum absolute atomic E-state index is 0.0495. The van der Waals surface area contributed by atoms with E-state index in [0.29, 0.717) is 16.7 Å². The summed E-state index contributed by atoms with van der Waals surface area (Å²) >= 11 is 5.84. The molecule has 0 aliphatic carbocycles. The minimum Gasteiger partial charge on any atom is -0.497 e. The lowest BCUT2D eigenvalue weighted by atomic mass is 10.1. The summed E-state index contributed by atoms with van der Waals surface area (Å²) in [5, 5.41) is 4.43. The summed E-state index contributed by atoms with van der Waals surface area (Å²) in [5.74, 6) is 1.01. The fourth-order valence-electron chi connectivity index (χ4n) is 2.13. The molecule has 0 fully saturated rings. The number of carbonyl (C=O) groups is 1. The summed E-state index contributed by atoms with van der Waals surface area (Å²) in [6.45, 7) is -0.0495. The lowest BCUT2D eigenvalue weighted by Crippen LogP contribution is -2.08. The Morgan fingerprint density at radius 1 is 1.12 bits per heavy atom. The molecule has 0 saturated heterocycles. The molecule has 128 valence electrons. The maximum Gasteiger partial charge on any atom is 0.310 e. The number of esters is 1. The average molecular weight is 359 g/mol. The number of methoxy groups -OCH3 is 1. The third kappa shape index (κ3) is 4.58. The van der Waals surface area contributed by atoms with Gasteiger partial charge in [-0.15, -0.1) is 0 Å². The molecule has 0 radical (unpaired) electrons. The highest BCUT2D eigenvalue weighted by Gasteiger charge is 2.11. The fourth-order valence-corrected chi connectivity index (χ4v) is 2.25. The lowest BCUT2D eigenvalue weighted by Gasteiger charge is -2.03. The highest BCUT2D eigenvalue weighted by molar-refractivity contribution is 6.30. The van der Waals surface area contributed by atoms with Crippen molar-refractivity contribution in [2.45, 2.75) is 13.0 Å². The number of benzene rings is 2. The monoisotopic (exact) mass is 358 g/mol. The summed E-state index contributed by atoms with van der Waals surface area (Å²) in [4.78, 5) is 16.1. The quantitative estimate of drug-likeness (QED) is 0.626. The zero-order valence-electron chi connectivity index (χ0n) is 13.4. The van der Waals surface area contributed by atoms with Crippen molar-refractivity contribution in [3.8, 4) is 17.2 Å². The minimum atomic E-state index is -0.372. The van der Waals surface area contributed by atoms with Crippen LogP contribution < -0.4 is 4.74 Å². The standard InChI is InChI=1S/C18H15ClN2O4/c1-23-15-8-2-12(3-9-15)10-17(22)24-11-16-20-18(25-21-16)13-4-6-14(19)7-5-13/h2-9H,10-11H2,1H3. The number of carbonyl (C=O) groups excluding carboxylic acids is 1. The van der Waals surface area contributed by atoms with Gasteiger partial charge in [0.15, 0.2) is 6.61 Å². The molecule has 0 saturated carbocycles. The Morgan fingerprint density at radius 3 is 2.52 bits per heavy atom. The van der Waals surface area contributed by atoms with Crippen LogP contribution in [-0.4, -0.2) is 23.2 Å². The maximum absolute atomic E-state index is 11.9. The molecule has 0 aliphatic heterocycles. The van der Waals surface area contributed by atoms with Gasteiger partial charge in [0, 0.05) is 10.6 Å². The van der Waals surface area contributed by atoms with Gasteiger partial charge >= 0.3 is 5.97 Å². The van der Waals surface area contributed by atoms with Crippen LogP contribution in [0.15, 0.2) is 53.1 Å². The number of hydrogen-bond acceptors (Lipinski definition) is 6. The Kier molecular flexibility index (Phi) is 5.30. The summed E-state index contributed by atoms with van der Waals surface area (Å²) in [7, 11) is 1.59.